The molecule has 1 saturated heterocycles. The van der Waals surface area contributed by atoms with Gasteiger partial charge in [-0.05, 0) is 25.0 Å². The zero-order valence-electron chi connectivity index (χ0n) is 13.1. The fraction of sp³-hybridized carbons (Fsp3) is 0.500. The Labute approximate surface area is 134 Å². The summed E-state index contributed by atoms with van der Waals surface area (Å²) in [5.74, 6) is -2.05. The molecule has 5 nitrogen and oxygen atoms in total. The lowest BCUT2D eigenvalue weighted by atomic mass is 10.1. The average Bonchev–Trinajstić information content (AvgIpc) is 2.78. The number of carbonyl (C=O) groups is 2. The second-order valence-electron chi connectivity index (χ2n) is 5.49. The number of rotatable bonds is 3. The van der Waals surface area contributed by atoms with E-state index in [1.807, 2.05) is 6.92 Å². The van der Waals surface area contributed by atoms with Crippen LogP contribution >= 0.6 is 0 Å². The van der Waals surface area contributed by atoms with E-state index in [2.05, 4.69) is 5.32 Å². The van der Waals surface area contributed by atoms with E-state index < -0.39 is 17.5 Å². The molecule has 1 aliphatic rings. The molecule has 1 aliphatic heterocycles. The highest BCUT2D eigenvalue weighted by molar-refractivity contribution is 5.94. The van der Waals surface area contributed by atoms with Crippen LogP contribution in [0.4, 0.5) is 13.6 Å². The standard InChI is InChI=1S/C16H21F2N3O2/c1-2-6-19-16(23)21-8-3-7-20(9-10-21)15(22)13-5-4-12(17)11-14(13)18/h4-5,11H,2-3,6-10H2,1H3,(H,19,23). The van der Waals surface area contributed by atoms with Crippen molar-refractivity contribution in [3.63, 3.8) is 0 Å². The Bertz CT molecular complexity index is 580. The van der Waals surface area contributed by atoms with Gasteiger partial charge >= 0.3 is 6.03 Å². The van der Waals surface area contributed by atoms with Crippen LogP contribution in [0, 0.1) is 11.6 Å². The number of hydrogen-bond donors (Lipinski definition) is 1. The Kier molecular flexibility index (Phi) is 5.90. The summed E-state index contributed by atoms with van der Waals surface area (Å²) in [6.07, 6.45) is 1.47. The van der Waals surface area contributed by atoms with Crippen LogP contribution in [0.2, 0.25) is 0 Å². The van der Waals surface area contributed by atoms with Crippen LogP contribution in [0.1, 0.15) is 30.1 Å². The molecule has 0 bridgehead atoms. The molecule has 1 aromatic carbocycles. The Morgan fingerprint density at radius 1 is 1.13 bits per heavy atom. The minimum absolute atomic E-state index is 0.143. The van der Waals surface area contributed by atoms with Gasteiger partial charge in [0.1, 0.15) is 11.6 Å². The number of nitrogens with one attached hydrogen (secondary N) is 1. The topological polar surface area (TPSA) is 52.7 Å². The summed E-state index contributed by atoms with van der Waals surface area (Å²) in [4.78, 5) is 27.5. The summed E-state index contributed by atoms with van der Waals surface area (Å²) in [5, 5.41) is 2.80. The van der Waals surface area contributed by atoms with Crippen LogP contribution in [-0.2, 0) is 0 Å². The Morgan fingerprint density at radius 2 is 1.83 bits per heavy atom. The first-order valence-electron chi connectivity index (χ1n) is 7.80. The third-order valence-corrected chi connectivity index (χ3v) is 3.76. The maximum absolute atomic E-state index is 13.7. The zero-order valence-corrected chi connectivity index (χ0v) is 13.1. The molecule has 1 heterocycles. The van der Waals surface area contributed by atoms with Crippen LogP contribution in [0.3, 0.4) is 0 Å². The zero-order chi connectivity index (χ0) is 16.8. The Hall–Kier alpha value is -2.18. The molecule has 0 spiro atoms. The number of nitrogens with zero attached hydrogens (tertiary/aromatic N) is 2. The summed E-state index contributed by atoms with van der Waals surface area (Å²) in [7, 11) is 0. The van der Waals surface area contributed by atoms with Crippen molar-refractivity contribution in [2.75, 3.05) is 32.7 Å². The second-order valence-corrected chi connectivity index (χ2v) is 5.49. The maximum atomic E-state index is 13.7. The maximum Gasteiger partial charge on any atom is 0.317 e. The predicted molar refractivity (Wildman–Crippen MR) is 82.1 cm³/mol. The van der Waals surface area contributed by atoms with Crippen molar-refractivity contribution in [2.45, 2.75) is 19.8 Å². The van der Waals surface area contributed by atoms with Crippen LogP contribution in [0.25, 0.3) is 0 Å². The van der Waals surface area contributed by atoms with E-state index in [4.69, 9.17) is 0 Å². The molecule has 7 heteroatoms. The summed E-state index contributed by atoms with van der Waals surface area (Å²) < 4.78 is 26.7. The molecule has 0 atom stereocenters. The molecule has 0 radical (unpaired) electrons. The largest absolute Gasteiger partial charge is 0.338 e. The molecule has 0 unspecified atom stereocenters. The number of hydrogen-bond acceptors (Lipinski definition) is 2. The van der Waals surface area contributed by atoms with Crippen molar-refractivity contribution in [2.24, 2.45) is 0 Å². The van der Waals surface area contributed by atoms with E-state index in [1.54, 1.807) is 4.90 Å². The van der Waals surface area contributed by atoms with Gasteiger partial charge in [0, 0.05) is 38.8 Å². The molecule has 2 rings (SSSR count). The van der Waals surface area contributed by atoms with Crippen molar-refractivity contribution >= 4 is 11.9 Å². The Morgan fingerprint density at radius 3 is 2.52 bits per heavy atom. The van der Waals surface area contributed by atoms with Gasteiger partial charge in [0.25, 0.3) is 5.91 Å². The van der Waals surface area contributed by atoms with Crippen molar-refractivity contribution in [1.29, 1.82) is 0 Å². The third-order valence-electron chi connectivity index (χ3n) is 3.76. The van der Waals surface area contributed by atoms with E-state index in [-0.39, 0.29) is 11.6 Å². The summed E-state index contributed by atoms with van der Waals surface area (Å²) in [5.41, 5.74) is -0.143. The quantitative estimate of drug-likeness (QED) is 0.926. The number of halogens is 2. The van der Waals surface area contributed by atoms with E-state index in [0.717, 1.165) is 18.6 Å². The molecule has 126 valence electrons. The van der Waals surface area contributed by atoms with E-state index in [1.165, 1.54) is 4.90 Å². The van der Waals surface area contributed by atoms with Crippen LogP contribution in [0.5, 0.6) is 0 Å². The highest BCUT2D eigenvalue weighted by atomic mass is 19.1. The van der Waals surface area contributed by atoms with E-state index in [0.29, 0.717) is 45.2 Å². The molecular weight excluding hydrogens is 304 g/mol. The average molecular weight is 325 g/mol. The number of carbonyl (C=O) groups excluding carboxylic acids is 2. The molecule has 0 aliphatic carbocycles. The first-order chi connectivity index (χ1) is 11.0. The summed E-state index contributed by atoms with van der Waals surface area (Å²) >= 11 is 0. The molecule has 1 fully saturated rings. The lowest BCUT2D eigenvalue weighted by Crippen LogP contribution is -2.42. The lowest BCUT2D eigenvalue weighted by molar-refractivity contribution is 0.0757. The van der Waals surface area contributed by atoms with Crippen molar-refractivity contribution < 1.29 is 18.4 Å². The Balaban J connectivity index is 1.99. The van der Waals surface area contributed by atoms with Gasteiger partial charge in [-0.2, -0.15) is 0 Å². The smallest absolute Gasteiger partial charge is 0.317 e. The third kappa shape index (κ3) is 4.40. The first kappa shape index (κ1) is 17.2. The molecular formula is C16H21F2N3O2. The van der Waals surface area contributed by atoms with Crippen molar-refractivity contribution in [3.8, 4) is 0 Å². The SMILES string of the molecule is CCCNC(=O)N1CCCN(C(=O)c2ccc(F)cc2F)CC1. The van der Waals surface area contributed by atoms with Gasteiger partial charge in [0.15, 0.2) is 0 Å². The van der Waals surface area contributed by atoms with Gasteiger partial charge in [0.05, 0.1) is 5.56 Å². The van der Waals surface area contributed by atoms with Crippen LogP contribution < -0.4 is 5.32 Å². The number of amides is 3. The van der Waals surface area contributed by atoms with Crippen molar-refractivity contribution in [1.82, 2.24) is 15.1 Å². The number of urea groups is 1. The highest BCUT2D eigenvalue weighted by Gasteiger charge is 2.24. The fourth-order valence-electron chi connectivity index (χ4n) is 2.50. The predicted octanol–water partition coefficient (Wildman–Crippen LogP) is 2.23. The molecule has 23 heavy (non-hydrogen) atoms. The molecule has 3 amide bonds. The van der Waals surface area contributed by atoms with Crippen molar-refractivity contribution in [3.05, 3.63) is 35.4 Å². The molecule has 0 aromatic heterocycles. The highest BCUT2D eigenvalue weighted by Crippen LogP contribution is 2.14. The van der Waals surface area contributed by atoms with Gasteiger partial charge in [-0.15, -0.1) is 0 Å². The lowest BCUT2D eigenvalue weighted by Gasteiger charge is -2.22. The summed E-state index contributed by atoms with van der Waals surface area (Å²) in [6, 6.07) is 2.78. The normalized spacial score (nSPS) is 15.3. The molecule has 0 saturated carbocycles. The van der Waals surface area contributed by atoms with Gasteiger partial charge in [0.2, 0.25) is 0 Å². The minimum Gasteiger partial charge on any atom is -0.338 e. The van der Waals surface area contributed by atoms with Gasteiger partial charge in [-0.1, -0.05) is 6.92 Å². The van der Waals surface area contributed by atoms with Gasteiger partial charge in [-0.3, -0.25) is 4.79 Å². The van der Waals surface area contributed by atoms with Gasteiger partial charge < -0.3 is 15.1 Å². The number of benzene rings is 1. The van der Waals surface area contributed by atoms with E-state index in [9.17, 15) is 18.4 Å². The molecule has 1 N–H and O–H groups in total. The fourth-order valence-corrected chi connectivity index (χ4v) is 2.50. The van der Waals surface area contributed by atoms with Crippen LogP contribution in [-0.4, -0.2) is 54.5 Å². The minimum atomic E-state index is -0.864. The molecule has 1 aromatic rings. The monoisotopic (exact) mass is 325 g/mol. The van der Waals surface area contributed by atoms with Gasteiger partial charge in [-0.25, -0.2) is 13.6 Å². The second kappa shape index (κ2) is 7.89. The van der Waals surface area contributed by atoms with E-state index >= 15 is 0 Å². The first-order valence-corrected chi connectivity index (χ1v) is 7.80. The van der Waals surface area contributed by atoms with Crippen LogP contribution in [0.15, 0.2) is 18.2 Å². The summed E-state index contributed by atoms with van der Waals surface area (Å²) in [6.45, 7) is 4.29.